The van der Waals surface area contributed by atoms with Gasteiger partial charge < -0.3 is 15.0 Å². The number of amides is 3. The number of anilines is 2. The number of hydrogen-bond donors (Lipinski definition) is 2. The first-order valence-corrected chi connectivity index (χ1v) is 10.1. The molecule has 30 heavy (non-hydrogen) atoms. The molecule has 9 nitrogen and oxygen atoms in total. The van der Waals surface area contributed by atoms with Crippen molar-refractivity contribution in [3.05, 3.63) is 36.2 Å². The SMILES string of the molecule is CC(=O)Nc1cn[nH]c1C1CCCN(C(=O)CN2C(=O)CCOc3ccccc32)C1. The van der Waals surface area contributed by atoms with Gasteiger partial charge in [0.1, 0.15) is 12.3 Å². The van der Waals surface area contributed by atoms with Crippen LogP contribution in [0.5, 0.6) is 5.75 Å². The molecule has 1 atom stereocenters. The highest BCUT2D eigenvalue weighted by molar-refractivity contribution is 6.00. The van der Waals surface area contributed by atoms with Crippen LogP contribution in [0.3, 0.4) is 0 Å². The van der Waals surface area contributed by atoms with Gasteiger partial charge in [-0.2, -0.15) is 5.10 Å². The van der Waals surface area contributed by atoms with E-state index in [2.05, 4.69) is 15.5 Å². The van der Waals surface area contributed by atoms with Crippen molar-refractivity contribution in [2.24, 2.45) is 0 Å². The summed E-state index contributed by atoms with van der Waals surface area (Å²) in [5, 5.41) is 9.80. The zero-order chi connectivity index (χ0) is 21.1. The Kier molecular flexibility index (Phi) is 5.69. The Bertz CT molecular complexity index is 956. The number of piperidine rings is 1. The molecule has 2 aliphatic heterocycles. The van der Waals surface area contributed by atoms with E-state index in [1.165, 1.54) is 11.8 Å². The zero-order valence-corrected chi connectivity index (χ0v) is 16.9. The Balaban J connectivity index is 1.48. The number of rotatable bonds is 4. The van der Waals surface area contributed by atoms with Gasteiger partial charge in [0.25, 0.3) is 0 Å². The maximum atomic E-state index is 13.1. The molecule has 2 aliphatic rings. The Hall–Kier alpha value is -3.36. The highest BCUT2D eigenvalue weighted by Crippen LogP contribution is 2.33. The van der Waals surface area contributed by atoms with E-state index < -0.39 is 0 Å². The van der Waals surface area contributed by atoms with Crippen LogP contribution in [-0.4, -0.2) is 59.1 Å². The summed E-state index contributed by atoms with van der Waals surface area (Å²) in [4.78, 5) is 40.5. The van der Waals surface area contributed by atoms with Gasteiger partial charge in [0.2, 0.25) is 17.7 Å². The molecule has 1 aromatic heterocycles. The number of aromatic nitrogens is 2. The van der Waals surface area contributed by atoms with Crippen molar-refractivity contribution in [3.63, 3.8) is 0 Å². The third kappa shape index (κ3) is 4.14. The first-order valence-electron chi connectivity index (χ1n) is 10.1. The van der Waals surface area contributed by atoms with Crippen LogP contribution in [0.2, 0.25) is 0 Å². The average Bonchev–Trinajstić information content (AvgIpc) is 3.13. The molecule has 0 aliphatic carbocycles. The fraction of sp³-hybridized carbons (Fsp3) is 0.429. The molecule has 1 saturated heterocycles. The lowest BCUT2D eigenvalue weighted by atomic mass is 9.94. The summed E-state index contributed by atoms with van der Waals surface area (Å²) in [6, 6.07) is 7.29. The Morgan fingerprint density at radius 2 is 2.17 bits per heavy atom. The number of fused-ring (bicyclic) bond motifs is 1. The van der Waals surface area contributed by atoms with Crippen molar-refractivity contribution in [1.29, 1.82) is 0 Å². The molecule has 1 fully saturated rings. The lowest BCUT2D eigenvalue weighted by Gasteiger charge is -2.34. The van der Waals surface area contributed by atoms with Crippen molar-refractivity contribution < 1.29 is 19.1 Å². The highest BCUT2D eigenvalue weighted by atomic mass is 16.5. The molecule has 0 bridgehead atoms. The van der Waals surface area contributed by atoms with Gasteiger partial charge in [0.05, 0.1) is 36.3 Å². The monoisotopic (exact) mass is 411 g/mol. The van der Waals surface area contributed by atoms with E-state index in [0.717, 1.165) is 18.5 Å². The number of benzene rings is 1. The van der Waals surface area contributed by atoms with E-state index >= 15 is 0 Å². The molecular weight excluding hydrogens is 386 g/mol. The van der Waals surface area contributed by atoms with Gasteiger partial charge in [-0.25, -0.2) is 0 Å². The summed E-state index contributed by atoms with van der Waals surface area (Å²) >= 11 is 0. The molecule has 2 N–H and O–H groups in total. The third-order valence-corrected chi connectivity index (χ3v) is 5.49. The fourth-order valence-electron chi connectivity index (χ4n) is 4.06. The number of nitrogens with zero attached hydrogens (tertiary/aromatic N) is 3. The van der Waals surface area contributed by atoms with E-state index in [9.17, 15) is 14.4 Å². The highest BCUT2D eigenvalue weighted by Gasteiger charge is 2.31. The molecule has 3 amide bonds. The molecule has 9 heteroatoms. The van der Waals surface area contributed by atoms with E-state index in [4.69, 9.17) is 4.74 Å². The minimum Gasteiger partial charge on any atom is -0.491 e. The molecule has 3 heterocycles. The first kappa shape index (κ1) is 19.9. The number of carbonyl (C=O) groups excluding carboxylic acids is 3. The van der Waals surface area contributed by atoms with E-state index in [0.29, 0.717) is 36.8 Å². The summed E-state index contributed by atoms with van der Waals surface area (Å²) in [5.41, 5.74) is 2.10. The third-order valence-electron chi connectivity index (χ3n) is 5.49. The summed E-state index contributed by atoms with van der Waals surface area (Å²) in [6.45, 7) is 2.88. The quantitative estimate of drug-likeness (QED) is 0.799. The number of carbonyl (C=O) groups is 3. The Morgan fingerprint density at radius 3 is 3.00 bits per heavy atom. The maximum Gasteiger partial charge on any atom is 0.242 e. The number of aromatic amines is 1. The second kappa shape index (κ2) is 8.56. The van der Waals surface area contributed by atoms with Gasteiger partial charge >= 0.3 is 0 Å². The molecule has 1 aromatic carbocycles. The number of hydrogen-bond acceptors (Lipinski definition) is 5. The Labute approximate surface area is 174 Å². The Morgan fingerprint density at radius 1 is 1.33 bits per heavy atom. The molecule has 1 unspecified atom stereocenters. The van der Waals surface area contributed by atoms with Gasteiger partial charge in [-0.1, -0.05) is 12.1 Å². The van der Waals surface area contributed by atoms with Crippen LogP contribution in [0, 0.1) is 0 Å². The first-order chi connectivity index (χ1) is 14.5. The lowest BCUT2D eigenvalue weighted by Crippen LogP contribution is -2.46. The van der Waals surface area contributed by atoms with E-state index in [1.54, 1.807) is 17.2 Å². The van der Waals surface area contributed by atoms with Crippen LogP contribution in [0.15, 0.2) is 30.5 Å². The van der Waals surface area contributed by atoms with Crippen molar-refractivity contribution in [3.8, 4) is 5.75 Å². The smallest absolute Gasteiger partial charge is 0.242 e. The van der Waals surface area contributed by atoms with Crippen LogP contribution >= 0.6 is 0 Å². The number of nitrogens with one attached hydrogen (secondary N) is 2. The molecule has 0 saturated carbocycles. The van der Waals surface area contributed by atoms with Gasteiger partial charge in [-0.15, -0.1) is 0 Å². The van der Waals surface area contributed by atoms with Gasteiger partial charge in [-0.3, -0.25) is 24.4 Å². The van der Waals surface area contributed by atoms with Crippen molar-refractivity contribution in [2.45, 2.75) is 32.1 Å². The molecule has 4 rings (SSSR count). The summed E-state index contributed by atoms with van der Waals surface area (Å²) < 4.78 is 5.65. The number of ether oxygens (including phenoxy) is 1. The molecule has 0 spiro atoms. The van der Waals surface area contributed by atoms with Gasteiger partial charge in [-0.05, 0) is 25.0 Å². The summed E-state index contributed by atoms with van der Waals surface area (Å²) in [7, 11) is 0. The van der Waals surface area contributed by atoms with Crippen LogP contribution in [-0.2, 0) is 14.4 Å². The second-order valence-corrected chi connectivity index (χ2v) is 7.60. The standard InChI is InChI=1S/C21H25N5O4/c1-14(27)23-16-11-22-24-21(16)15-5-4-9-25(12-15)20(29)13-26-17-6-2-3-7-18(17)30-10-8-19(26)28/h2-3,6-7,11,15H,4-5,8-10,12-13H2,1H3,(H,22,24)(H,23,27). The van der Waals surface area contributed by atoms with Gasteiger partial charge in [0.15, 0.2) is 0 Å². The van der Waals surface area contributed by atoms with Crippen LogP contribution in [0.25, 0.3) is 0 Å². The van der Waals surface area contributed by atoms with E-state index in [1.807, 2.05) is 18.2 Å². The molecule has 158 valence electrons. The largest absolute Gasteiger partial charge is 0.491 e. The van der Waals surface area contributed by atoms with Crippen molar-refractivity contribution in [2.75, 3.05) is 36.5 Å². The minimum atomic E-state index is -0.165. The number of H-pyrrole nitrogens is 1. The molecule has 0 radical (unpaired) electrons. The van der Waals surface area contributed by atoms with Crippen LogP contribution in [0.1, 0.15) is 37.8 Å². The number of likely N-dealkylation sites (tertiary alicyclic amines) is 1. The predicted molar refractivity (Wildman–Crippen MR) is 110 cm³/mol. The van der Waals surface area contributed by atoms with Crippen LogP contribution < -0.4 is 15.0 Å². The molecular formula is C21H25N5O4. The average molecular weight is 411 g/mol. The zero-order valence-electron chi connectivity index (χ0n) is 16.9. The van der Waals surface area contributed by atoms with Crippen molar-refractivity contribution >= 4 is 29.1 Å². The predicted octanol–water partition coefficient (Wildman–Crippen LogP) is 1.89. The van der Waals surface area contributed by atoms with E-state index in [-0.39, 0.29) is 36.6 Å². The fourth-order valence-corrected chi connectivity index (χ4v) is 4.06. The molecule has 2 aromatic rings. The van der Waals surface area contributed by atoms with Crippen molar-refractivity contribution in [1.82, 2.24) is 15.1 Å². The number of para-hydroxylation sites is 2. The summed E-state index contributed by atoms with van der Waals surface area (Å²) in [6.07, 6.45) is 3.55. The normalized spacial score (nSPS) is 19.0. The summed E-state index contributed by atoms with van der Waals surface area (Å²) in [5.74, 6) is 0.267. The van der Waals surface area contributed by atoms with Gasteiger partial charge in [0, 0.05) is 25.9 Å². The maximum absolute atomic E-state index is 13.1. The topological polar surface area (TPSA) is 108 Å². The lowest BCUT2D eigenvalue weighted by molar-refractivity contribution is -0.132. The second-order valence-electron chi connectivity index (χ2n) is 7.60. The van der Waals surface area contributed by atoms with Crippen LogP contribution in [0.4, 0.5) is 11.4 Å². The minimum absolute atomic E-state index is 0.0204.